The average molecular weight is 278 g/mol. The first-order valence-electron chi connectivity index (χ1n) is 5.38. The molecule has 0 aliphatic rings. The van der Waals surface area contributed by atoms with Crippen LogP contribution in [0.1, 0.15) is 12.5 Å². The van der Waals surface area contributed by atoms with Crippen molar-refractivity contribution in [3.05, 3.63) is 23.9 Å². The Hall–Kier alpha value is -1.83. The van der Waals surface area contributed by atoms with Crippen molar-refractivity contribution in [2.75, 3.05) is 6.61 Å². The third-order valence-electron chi connectivity index (χ3n) is 2.03. The zero-order valence-corrected chi connectivity index (χ0v) is 10.1. The summed E-state index contributed by atoms with van der Waals surface area (Å²) < 4.78 is 40.3. The van der Waals surface area contributed by atoms with Crippen molar-refractivity contribution in [1.82, 2.24) is 10.3 Å². The van der Waals surface area contributed by atoms with Gasteiger partial charge in [-0.1, -0.05) is 0 Å². The summed E-state index contributed by atoms with van der Waals surface area (Å²) in [6, 6.07) is 2.80. The van der Waals surface area contributed by atoms with Crippen LogP contribution in [0, 0.1) is 0 Å². The van der Waals surface area contributed by atoms with Gasteiger partial charge >= 0.3 is 6.18 Å². The van der Waals surface area contributed by atoms with Gasteiger partial charge < -0.3 is 15.2 Å². The summed E-state index contributed by atoms with van der Waals surface area (Å²) in [5, 5.41) is 11.4. The van der Waals surface area contributed by atoms with Crippen molar-refractivity contribution < 1.29 is 27.8 Å². The minimum absolute atomic E-state index is 0.0641. The lowest BCUT2D eigenvalue weighted by Crippen LogP contribution is -2.31. The predicted molar refractivity (Wildman–Crippen MR) is 59.3 cm³/mol. The zero-order valence-electron chi connectivity index (χ0n) is 10.1. The van der Waals surface area contributed by atoms with Crippen LogP contribution in [0.5, 0.6) is 5.88 Å². The maximum atomic E-state index is 11.9. The molecule has 1 amide bonds. The Morgan fingerprint density at radius 1 is 1.58 bits per heavy atom. The number of aliphatic hydroxyl groups excluding tert-OH is 1. The SMILES string of the molecule is CC(O)C(=O)NCc1ccnc(OCC(F)(F)F)c1. The number of aliphatic hydroxyl groups is 1. The first kappa shape index (κ1) is 15.2. The van der Waals surface area contributed by atoms with Crippen LogP contribution in [0.4, 0.5) is 13.2 Å². The molecule has 1 atom stereocenters. The summed E-state index contributed by atoms with van der Waals surface area (Å²) in [7, 11) is 0. The van der Waals surface area contributed by atoms with Gasteiger partial charge in [-0.15, -0.1) is 0 Å². The molecule has 0 aromatic carbocycles. The number of carbonyl (C=O) groups is 1. The molecule has 1 rings (SSSR count). The number of carbonyl (C=O) groups excluding carboxylic acids is 1. The van der Waals surface area contributed by atoms with E-state index in [1.54, 1.807) is 0 Å². The van der Waals surface area contributed by atoms with E-state index in [0.717, 1.165) is 0 Å². The summed E-state index contributed by atoms with van der Waals surface area (Å²) in [4.78, 5) is 14.7. The second-order valence-corrected chi connectivity index (χ2v) is 3.80. The van der Waals surface area contributed by atoms with Crippen LogP contribution in [0.25, 0.3) is 0 Å². The van der Waals surface area contributed by atoms with Crippen LogP contribution < -0.4 is 10.1 Å². The number of halogens is 3. The monoisotopic (exact) mass is 278 g/mol. The van der Waals surface area contributed by atoms with E-state index in [0.29, 0.717) is 5.56 Å². The van der Waals surface area contributed by atoms with Crippen LogP contribution in [0.3, 0.4) is 0 Å². The highest BCUT2D eigenvalue weighted by molar-refractivity contribution is 5.79. The van der Waals surface area contributed by atoms with Crippen molar-refractivity contribution in [3.8, 4) is 5.88 Å². The lowest BCUT2D eigenvalue weighted by molar-refractivity contribution is -0.154. The molecule has 2 N–H and O–H groups in total. The fraction of sp³-hybridized carbons (Fsp3) is 0.455. The topological polar surface area (TPSA) is 71.5 Å². The van der Waals surface area contributed by atoms with E-state index in [4.69, 9.17) is 5.11 Å². The molecule has 1 heterocycles. The number of pyridine rings is 1. The number of nitrogens with zero attached hydrogens (tertiary/aromatic N) is 1. The van der Waals surface area contributed by atoms with E-state index >= 15 is 0 Å². The molecule has 0 radical (unpaired) electrons. The molecule has 0 saturated carbocycles. The summed E-state index contributed by atoms with van der Waals surface area (Å²) in [6.07, 6.45) is -4.31. The third kappa shape index (κ3) is 6.05. The van der Waals surface area contributed by atoms with Crippen molar-refractivity contribution in [2.24, 2.45) is 0 Å². The first-order chi connectivity index (χ1) is 8.78. The molecule has 0 aliphatic heterocycles. The Morgan fingerprint density at radius 3 is 2.84 bits per heavy atom. The van der Waals surface area contributed by atoms with Crippen LogP contribution in [0.2, 0.25) is 0 Å². The van der Waals surface area contributed by atoms with Gasteiger partial charge in [0, 0.05) is 18.8 Å². The molecule has 0 aliphatic carbocycles. The van der Waals surface area contributed by atoms with E-state index in [2.05, 4.69) is 15.0 Å². The van der Waals surface area contributed by atoms with E-state index in [1.807, 2.05) is 0 Å². The number of ether oxygens (including phenoxy) is 1. The Labute approximate surface area is 107 Å². The minimum atomic E-state index is -4.43. The summed E-state index contributed by atoms with van der Waals surface area (Å²) in [5.41, 5.74) is 0.515. The Kier molecular flexibility index (Phi) is 5.11. The highest BCUT2D eigenvalue weighted by atomic mass is 19.4. The molecule has 0 saturated heterocycles. The van der Waals surface area contributed by atoms with E-state index in [-0.39, 0.29) is 12.4 Å². The molecule has 1 unspecified atom stereocenters. The van der Waals surface area contributed by atoms with Gasteiger partial charge in [-0.2, -0.15) is 13.2 Å². The molecule has 1 aromatic rings. The fourth-order valence-electron chi connectivity index (χ4n) is 1.13. The quantitative estimate of drug-likeness (QED) is 0.843. The van der Waals surface area contributed by atoms with Gasteiger partial charge in [0.25, 0.3) is 0 Å². The van der Waals surface area contributed by atoms with Gasteiger partial charge in [0.1, 0.15) is 6.10 Å². The summed E-state index contributed by atoms with van der Waals surface area (Å²) >= 11 is 0. The molecule has 0 bridgehead atoms. The van der Waals surface area contributed by atoms with Crippen LogP contribution >= 0.6 is 0 Å². The molecule has 0 fully saturated rings. The Bertz CT molecular complexity index is 435. The molecule has 5 nitrogen and oxygen atoms in total. The Morgan fingerprint density at radius 2 is 2.26 bits per heavy atom. The lowest BCUT2D eigenvalue weighted by Gasteiger charge is -2.10. The van der Waals surface area contributed by atoms with Gasteiger partial charge in [-0.05, 0) is 18.6 Å². The van der Waals surface area contributed by atoms with Gasteiger partial charge in [0.2, 0.25) is 11.8 Å². The van der Waals surface area contributed by atoms with Crippen molar-refractivity contribution >= 4 is 5.91 Å². The number of nitrogens with one attached hydrogen (secondary N) is 1. The van der Waals surface area contributed by atoms with E-state index < -0.39 is 24.8 Å². The maximum absolute atomic E-state index is 11.9. The number of hydrogen-bond donors (Lipinski definition) is 2. The van der Waals surface area contributed by atoms with Gasteiger partial charge in [-0.3, -0.25) is 4.79 Å². The normalized spacial score (nSPS) is 12.9. The number of aromatic nitrogens is 1. The van der Waals surface area contributed by atoms with Crippen molar-refractivity contribution in [2.45, 2.75) is 25.7 Å². The Balaban J connectivity index is 2.55. The van der Waals surface area contributed by atoms with Crippen LogP contribution in [-0.2, 0) is 11.3 Å². The third-order valence-corrected chi connectivity index (χ3v) is 2.03. The second kappa shape index (κ2) is 6.37. The molecule has 19 heavy (non-hydrogen) atoms. The van der Waals surface area contributed by atoms with Gasteiger partial charge in [0.05, 0.1) is 0 Å². The van der Waals surface area contributed by atoms with Gasteiger partial charge in [0.15, 0.2) is 6.61 Å². The summed E-state index contributed by atoms with van der Waals surface area (Å²) in [6.45, 7) is -0.0577. The number of amides is 1. The number of hydrogen-bond acceptors (Lipinski definition) is 4. The highest BCUT2D eigenvalue weighted by Crippen LogP contribution is 2.17. The maximum Gasteiger partial charge on any atom is 0.422 e. The molecule has 0 spiro atoms. The average Bonchev–Trinajstić information content (AvgIpc) is 2.33. The smallest absolute Gasteiger partial charge is 0.422 e. The van der Waals surface area contributed by atoms with Crippen molar-refractivity contribution in [1.29, 1.82) is 0 Å². The largest absolute Gasteiger partial charge is 0.468 e. The number of rotatable bonds is 5. The van der Waals surface area contributed by atoms with Crippen molar-refractivity contribution in [3.63, 3.8) is 0 Å². The molecular weight excluding hydrogens is 265 g/mol. The summed E-state index contributed by atoms with van der Waals surface area (Å²) in [5.74, 6) is -0.754. The number of alkyl halides is 3. The molecule has 106 valence electrons. The van der Waals surface area contributed by atoms with E-state index in [1.165, 1.54) is 25.3 Å². The standard InChI is InChI=1S/C11H13F3N2O3/c1-7(17)10(18)16-5-8-2-3-15-9(4-8)19-6-11(12,13)14/h2-4,7,17H,5-6H2,1H3,(H,16,18). The predicted octanol–water partition coefficient (Wildman–Crippen LogP) is 1.02. The minimum Gasteiger partial charge on any atom is -0.468 e. The van der Waals surface area contributed by atoms with Crippen LogP contribution in [0.15, 0.2) is 18.3 Å². The van der Waals surface area contributed by atoms with Gasteiger partial charge in [-0.25, -0.2) is 4.98 Å². The lowest BCUT2D eigenvalue weighted by atomic mass is 10.2. The van der Waals surface area contributed by atoms with Crippen LogP contribution in [-0.4, -0.2) is 34.9 Å². The molecule has 1 aromatic heterocycles. The highest BCUT2D eigenvalue weighted by Gasteiger charge is 2.28. The molecular formula is C11H13F3N2O3. The zero-order chi connectivity index (χ0) is 14.5. The first-order valence-corrected chi connectivity index (χ1v) is 5.38. The van der Waals surface area contributed by atoms with E-state index in [9.17, 15) is 18.0 Å². The molecule has 8 heteroatoms. The fourth-order valence-corrected chi connectivity index (χ4v) is 1.13. The second-order valence-electron chi connectivity index (χ2n) is 3.80.